The van der Waals surface area contributed by atoms with Gasteiger partial charge in [-0.05, 0) is 29.9 Å². The number of hydrogen-bond acceptors (Lipinski definition) is 2. The minimum atomic E-state index is 0.422. The van der Waals surface area contributed by atoms with Crippen LogP contribution in [0.1, 0.15) is 24.5 Å². The van der Waals surface area contributed by atoms with E-state index in [0.717, 1.165) is 18.4 Å². The minimum Gasteiger partial charge on any atom is -0.391 e. The standard InChI is InChI=1S/C18H21NO/c1-16(12-13-17-8-4-2-5-9-17)14-19-20-15-18-10-6-3-7-11-18/h2-11,14,16H,12-13,15H2,1H3/b19-14+. The zero-order chi connectivity index (χ0) is 14.0. The van der Waals surface area contributed by atoms with Crippen molar-refractivity contribution in [1.82, 2.24) is 0 Å². The number of hydrogen-bond donors (Lipinski definition) is 0. The van der Waals surface area contributed by atoms with E-state index in [2.05, 4.69) is 36.3 Å². The van der Waals surface area contributed by atoms with Crippen molar-refractivity contribution in [2.75, 3.05) is 0 Å². The van der Waals surface area contributed by atoms with Crippen molar-refractivity contribution >= 4 is 6.21 Å². The highest BCUT2D eigenvalue weighted by Gasteiger charge is 1.99. The van der Waals surface area contributed by atoms with E-state index in [1.165, 1.54) is 5.56 Å². The van der Waals surface area contributed by atoms with Crippen molar-refractivity contribution in [3.05, 3.63) is 71.8 Å². The summed E-state index contributed by atoms with van der Waals surface area (Å²) in [5.41, 5.74) is 2.51. The van der Waals surface area contributed by atoms with E-state index in [-0.39, 0.29) is 0 Å². The normalized spacial score (nSPS) is 12.4. The molecule has 0 aliphatic heterocycles. The minimum absolute atomic E-state index is 0.422. The van der Waals surface area contributed by atoms with Gasteiger partial charge in [0.05, 0.1) is 0 Å². The molecule has 0 bridgehead atoms. The molecule has 2 aromatic rings. The number of rotatable bonds is 7. The molecule has 0 aliphatic rings. The van der Waals surface area contributed by atoms with Gasteiger partial charge in [0.1, 0.15) is 6.61 Å². The van der Waals surface area contributed by atoms with Gasteiger partial charge in [0.25, 0.3) is 0 Å². The van der Waals surface area contributed by atoms with Crippen LogP contribution in [0.4, 0.5) is 0 Å². The highest BCUT2D eigenvalue weighted by molar-refractivity contribution is 5.59. The first-order chi connectivity index (χ1) is 9.84. The fourth-order valence-corrected chi connectivity index (χ4v) is 1.95. The average molecular weight is 267 g/mol. The number of benzene rings is 2. The van der Waals surface area contributed by atoms with Gasteiger partial charge in [-0.2, -0.15) is 0 Å². The predicted molar refractivity (Wildman–Crippen MR) is 83.7 cm³/mol. The second kappa shape index (κ2) is 8.16. The molecule has 0 aliphatic carbocycles. The molecule has 0 fully saturated rings. The van der Waals surface area contributed by atoms with Crippen LogP contribution in [0.3, 0.4) is 0 Å². The third-order valence-electron chi connectivity index (χ3n) is 3.20. The molecule has 1 unspecified atom stereocenters. The van der Waals surface area contributed by atoms with E-state index in [9.17, 15) is 0 Å². The molecule has 2 heteroatoms. The maximum Gasteiger partial charge on any atom is 0.142 e. The quantitative estimate of drug-likeness (QED) is 0.536. The van der Waals surface area contributed by atoms with Gasteiger partial charge in [0.15, 0.2) is 0 Å². The van der Waals surface area contributed by atoms with Crippen molar-refractivity contribution in [2.45, 2.75) is 26.4 Å². The molecule has 0 saturated carbocycles. The molecular weight excluding hydrogens is 246 g/mol. The third-order valence-corrected chi connectivity index (χ3v) is 3.20. The Balaban J connectivity index is 1.66. The average Bonchev–Trinajstić information content (AvgIpc) is 2.52. The summed E-state index contributed by atoms with van der Waals surface area (Å²) in [6.45, 7) is 2.70. The largest absolute Gasteiger partial charge is 0.391 e. The van der Waals surface area contributed by atoms with E-state index < -0.39 is 0 Å². The molecule has 0 N–H and O–H groups in total. The van der Waals surface area contributed by atoms with Crippen LogP contribution in [0.5, 0.6) is 0 Å². The Morgan fingerprint density at radius 2 is 1.55 bits per heavy atom. The van der Waals surface area contributed by atoms with Gasteiger partial charge in [-0.1, -0.05) is 72.7 Å². The van der Waals surface area contributed by atoms with Crippen molar-refractivity contribution in [1.29, 1.82) is 0 Å². The number of oxime groups is 1. The van der Waals surface area contributed by atoms with Gasteiger partial charge in [-0.15, -0.1) is 0 Å². The van der Waals surface area contributed by atoms with Crippen LogP contribution < -0.4 is 0 Å². The smallest absolute Gasteiger partial charge is 0.142 e. The van der Waals surface area contributed by atoms with Gasteiger partial charge >= 0.3 is 0 Å². The zero-order valence-electron chi connectivity index (χ0n) is 11.9. The van der Waals surface area contributed by atoms with Crippen LogP contribution in [-0.4, -0.2) is 6.21 Å². The summed E-state index contributed by atoms with van der Waals surface area (Å²) in [4.78, 5) is 5.31. The van der Waals surface area contributed by atoms with Crippen LogP contribution in [0.2, 0.25) is 0 Å². The second-order valence-electron chi connectivity index (χ2n) is 5.02. The summed E-state index contributed by atoms with van der Waals surface area (Å²) >= 11 is 0. The van der Waals surface area contributed by atoms with E-state index in [4.69, 9.17) is 4.84 Å². The lowest BCUT2D eigenvalue weighted by molar-refractivity contribution is 0.130. The Kier molecular flexibility index (Phi) is 5.84. The first-order valence-electron chi connectivity index (χ1n) is 7.08. The van der Waals surface area contributed by atoms with Crippen LogP contribution >= 0.6 is 0 Å². The second-order valence-corrected chi connectivity index (χ2v) is 5.02. The van der Waals surface area contributed by atoms with Gasteiger partial charge in [-0.25, -0.2) is 0 Å². The summed E-state index contributed by atoms with van der Waals surface area (Å²) in [5.74, 6) is 0.422. The molecule has 20 heavy (non-hydrogen) atoms. The molecule has 0 amide bonds. The number of nitrogens with zero attached hydrogens (tertiary/aromatic N) is 1. The summed E-state index contributed by atoms with van der Waals surface area (Å²) in [6, 6.07) is 20.6. The molecule has 2 aromatic carbocycles. The molecule has 1 atom stereocenters. The Labute approximate surface area is 121 Å². The summed E-state index contributed by atoms with van der Waals surface area (Å²) in [6.07, 6.45) is 4.06. The first kappa shape index (κ1) is 14.3. The van der Waals surface area contributed by atoms with Crippen molar-refractivity contribution < 1.29 is 4.84 Å². The molecule has 2 nitrogen and oxygen atoms in total. The van der Waals surface area contributed by atoms with Gasteiger partial charge in [-0.3, -0.25) is 0 Å². The maximum absolute atomic E-state index is 5.31. The summed E-state index contributed by atoms with van der Waals surface area (Å²) in [7, 11) is 0. The topological polar surface area (TPSA) is 21.6 Å². The summed E-state index contributed by atoms with van der Waals surface area (Å²) in [5, 5.41) is 4.05. The van der Waals surface area contributed by atoms with E-state index >= 15 is 0 Å². The number of aryl methyl sites for hydroxylation is 1. The fourth-order valence-electron chi connectivity index (χ4n) is 1.95. The Morgan fingerprint density at radius 3 is 2.20 bits per heavy atom. The van der Waals surface area contributed by atoms with Crippen LogP contribution in [-0.2, 0) is 17.9 Å². The molecule has 2 rings (SSSR count). The van der Waals surface area contributed by atoms with E-state index in [1.54, 1.807) is 0 Å². The van der Waals surface area contributed by atoms with Crippen LogP contribution in [0, 0.1) is 5.92 Å². The molecular formula is C18H21NO. The zero-order valence-corrected chi connectivity index (χ0v) is 11.9. The van der Waals surface area contributed by atoms with Crippen LogP contribution in [0.15, 0.2) is 65.8 Å². The molecule has 0 saturated heterocycles. The molecule has 0 aromatic heterocycles. The van der Waals surface area contributed by atoms with Gasteiger partial charge in [0.2, 0.25) is 0 Å². The highest BCUT2D eigenvalue weighted by atomic mass is 16.6. The highest BCUT2D eigenvalue weighted by Crippen LogP contribution is 2.08. The van der Waals surface area contributed by atoms with E-state index in [0.29, 0.717) is 12.5 Å². The monoisotopic (exact) mass is 267 g/mol. The van der Waals surface area contributed by atoms with Crippen molar-refractivity contribution in [3.8, 4) is 0 Å². The lowest BCUT2D eigenvalue weighted by Gasteiger charge is -2.05. The Hall–Kier alpha value is -2.09. The van der Waals surface area contributed by atoms with Gasteiger partial charge < -0.3 is 4.84 Å². The van der Waals surface area contributed by atoms with Crippen LogP contribution in [0.25, 0.3) is 0 Å². The molecule has 0 radical (unpaired) electrons. The molecule has 104 valence electrons. The van der Waals surface area contributed by atoms with Crippen molar-refractivity contribution in [2.24, 2.45) is 11.1 Å². The Bertz CT molecular complexity index is 507. The maximum atomic E-state index is 5.31. The predicted octanol–water partition coefficient (Wildman–Crippen LogP) is 4.46. The lowest BCUT2D eigenvalue weighted by Crippen LogP contribution is -1.99. The molecule has 0 heterocycles. The summed E-state index contributed by atoms with van der Waals surface area (Å²) < 4.78 is 0. The first-order valence-corrected chi connectivity index (χ1v) is 7.08. The van der Waals surface area contributed by atoms with Gasteiger partial charge in [0, 0.05) is 6.21 Å². The van der Waals surface area contributed by atoms with E-state index in [1.807, 2.05) is 42.6 Å². The Morgan fingerprint density at radius 1 is 0.950 bits per heavy atom. The lowest BCUT2D eigenvalue weighted by atomic mass is 10.0. The third kappa shape index (κ3) is 5.27. The van der Waals surface area contributed by atoms with Crippen molar-refractivity contribution in [3.63, 3.8) is 0 Å². The fraction of sp³-hybridized carbons (Fsp3) is 0.278. The SMILES string of the molecule is CC(/C=N/OCc1ccccc1)CCc1ccccc1. The molecule has 0 spiro atoms.